The van der Waals surface area contributed by atoms with E-state index in [1.54, 1.807) is 11.8 Å². The lowest BCUT2D eigenvalue weighted by Crippen LogP contribution is -1.85. The predicted molar refractivity (Wildman–Crippen MR) is 97.5 cm³/mol. The molecule has 0 amide bonds. The monoisotopic (exact) mass is 356 g/mol. The Bertz CT molecular complexity index is 786. The number of carbonyl (C=O) groups excluding carboxylic acids is 1. The number of carbonyl (C=O) groups is 1. The van der Waals surface area contributed by atoms with Gasteiger partial charge in [0.15, 0.2) is 0 Å². The number of aryl methyl sites for hydroxylation is 2. The molecular weight excluding hydrogens is 336 g/mol. The summed E-state index contributed by atoms with van der Waals surface area (Å²) in [6.45, 7) is 4.40. The quantitative estimate of drug-likeness (QED) is 0.625. The lowest BCUT2D eigenvalue weighted by molar-refractivity contribution is -0.126. The predicted octanol–water partition coefficient (Wildman–Crippen LogP) is 4.55. The van der Waals surface area contributed by atoms with E-state index in [0.717, 1.165) is 28.5 Å². The standard InChI is InChI=1S/C17H16N2OS.C2H4O2/c1-3-15-12(2)20-17(19-15)13-9-10-16(18-11-13)21-14-7-5-4-6-8-14;1-4-2-3/h4-11H,3H2,1-2H3;2H,1H3. The smallest absolute Gasteiger partial charge is 0.292 e. The lowest BCUT2D eigenvalue weighted by Gasteiger charge is -2.01. The van der Waals surface area contributed by atoms with Crippen molar-refractivity contribution in [2.75, 3.05) is 7.11 Å². The van der Waals surface area contributed by atoms with Gasteiger partial charge < -0.3 is 9.15 Å². The molecule has 0 aliphatic rings. The Balaban J connectivity index is 0.000000511. The zero-order valence-electron chi connectivity index (χ0n) is 14.4. The molecule has 0 atom stereocenters. The van der Waals surface area contributed by atoms with Crippen LogP contribution in [0.3, 0.4) is 0 Å². The summed E-state index contributed by atoms with van der Waals surface area (Å²) in [5, 5.41) is 0.962. The van der Waals surface area contributed by atoms with Gasteiger partial charge in [0.25, 0.3) is 6.47 Å². The van der Waals surface area contributed by atoms with Gasteiger partial charge in [0.2, 0.25) is 5.89 Å². The van der Waals surface area contributed by atoms with Crippen molar-refractivity contribution in [3.8, 4) is 11.5 Å². The highest BCUT2D eigenvalue weighted by atomic mass is 32.2. The molecule has 0 fully saturated rings. The second-order valence-corrected chi connectivity index (χ2v) is 6.10. The minimum atomic E-state index is 0.375. The van der Waals surface area contributed by atoms with Gasteiger partial charge in [-0.2, -0.15) is 0 Å². The summed E-state index contributed by atoms with van der Waals surface area (Å²) in [5.41, 5.74) is 1.92. The second kappa shape index (κ2) is 9.64. The summed E-state index contributed by atoms with van der Waals surface area (Å²) in [6, 6.07) is 14.2. The molecule has 130 valence electrons. The minimum absolute atomic E-state index is 0.375. The maximum atomic E-state index is 8.95. The van der Waals surface area contributed by atoms with Crippen molar-refractivity contribution >= 4 is 18.2 Å². The van der Waals surface area contributed by atoms with Crippen LogP contribution in [0.4, 0.5) is 0 Å². The summed E-state index contributed by atoms with van der Waals surface area (Å²) < 4.78 is 9.55. The summed E-state index contributed by atoms with van der Waals surface area (Å²) in [6.07, 6.45) is 2.70. The number of ether oxygens (including phenoxy) is 1. The van der Waals surface area contributed by atoms with Crippen molar-refractivity contribution in [3.63, 3.8) is 0 Å². The van der Waals surface area contributed by atoms with E-state index in [-0.39, 0.29) is 0 Å². The van der Waals surface area contributed by atoms with Crippen molar-refractivity contribution in [3.05, 3.63) is 60.1 Å². The van der Waals surface area contributed by atoms with Crippen molar-refractivity contribution in [2.24, 2.45) is 0 Å². The SMILES string of the molecule is CCc1nc(-c2ccc(Sc3ccccc3)nc2)oc1C.COC=O. The number of oxazole rings is 1. The fourth-order valence-electron chi connectivity index (χ4n) is 2.06. The molecule has 2 aromatic heterocycles. The molecule has 0 radical (unpaired) electrons. The highest BCUT2D eigenvalue weighted by Crippen LogP contribution is 2.27. The van der Waals surface area contributed by atoms with Gasteiger partial charge in [-0.25, -0.2) is 9.97 Å². The summed E-state index contributed by atoms with van der Waals surface area (Å²) in [4.78, 5) is 19.1. The topological polar surface area (TPSA) is 65.2 Å². The van der Waals surface area contributed by atoms with Crippen molar-refractivity contribution in [2.45, 2.75) is 30.2 Å². The number of aromatic nitrogens is 2. The first-order valence-electron chi connectivity index (χ1n) is 7.80. The van der Waals surface area contributed by atoms with Crippen LogP contribution in [-0.4, -0.2) is 23.5 Å². The number of rotatable bonds is 5. The molecule has 0 unspecified atom stereocenters. The fourth-order valence-corrected chi connectivity index (χ4v) is 2.83. The van der Waals surface area contributed by atoms with Gasteiger partial charge in [0.1, 0.15) is 10.8 Å². The van der Waals surface area contributed by atoms with E-state index in [1.165, 1.54) is 12.0 Å². The van der Waals surface area contributed by atoms with Crippen LogP contribution in [-0.2, 0) is 16.0 Å². The lowest BCUT2D eigenvalue weighted by atomic mass is 10.3. The molecule has 0 aliphatic carbocycles. The fraction of sp³-hybridized carbons (Fsp3) is 0.211. The number of nitrogens with zero attached hydrogens (tertiary/aromatic N) is 2. The Kier molecular flexibility index (Phi) is 7.22. The zero-order valence-corrected chi connectivity index (χ0v) is 15.2. The van der Waals surface area contributed by atoms with Crippen LogP contribution in [0.5, 0.6) is 0 Å². The van der Waals surface area contributed by atoms with E-state index in [9.17, 15) is 0 Å². The zero-order chi connectivity index (χ0) is 18.1. The first-order valence-corrected chi connectivity index (χ1v) is 8.61. The number of pyridine rings is 1. The van der Waals surface area contributed by atoms with Crippen LogP contribution < -0.4 is 0 Å². The molecule has 2 heterocycles. The van der Waals surface area contributed by atoms with Gasteiger partial charge >= 0.3 is 0 Å². The Labute approximate surface area is 151 Å². The number of hydrogen-bond donors (Lipinski definition) is 0. The highest BCUT2D eigenvalue weighted by molar-refractivity contribution is 7.99. The molecule has 0 spiro atoms. The Morgan fingerprint density at radius 1 is 1.20 bits per heavy atom. The third kappa shape index (κ3) is 5.46. The van der Waals surface area contributed by atoms with E-state index in [1.807, 2.05) is 43.5 Å². The maximum absolute atomic E-state index is 8.95. The summed E-state index contributed by atoms with van der Waals surface area (Å²) >= 11 is 1.64. The third-order valence-corrected chi connectivity index (χ3v) is 4.23. The molecule has 0 saturated heterocycles. The van der Waals surface area contributed by atoms with E-state index in [2.05, 4.69) is 33.8 Å². The number of hydrogen-bond acceptors (Lipinski definition) is 6. The van der Waals surface area contributed by atoms with Crippen LogP contribution in [0.2, 0.25) is 0 Å². The normalized spacial score (nSPS) is 9.88. The molecule has 3 rings (SSSR count). The van der Waals surface area contributed by atoms with Crippen LogP contribution in [0.1, 0.15) is 18.4 Å². The molecule has 25 heavy (non-hydrogen) atoms. The molecule has 3 aromatic rings. The molecule has 0 N–H and O–H groups in total. The van der Waals surface area contributed by atoms with E-state index < -0.39 is 0 Å². The average Bonchev–Trinajstić information content (AvgIpc) is 3.04. The van der Waals surface area contributed by atoms with Gasteiger partial charge in [-0.05, 0) is 37.6 Å². The van der Waals surface area contributed by atoms with Gasteiger partial charge in [0, 0.05) is 11.1 Å². The summed E-state index contributed by atoms with van der Waals surface area (Å²) in [7, 11) is 1.31. The first kappa shape index (κ1) is 18.7. The van der Waals surface area contributed by atoms with Gasteiger partial charge in [0.05, 0.1) is 18.4 Å². The molecule has 0 bridgehead atoms. The van der Waals surface area contributed by atoms with E-state index >= 15 is 0 Å². The number of benzene rings is 1. The Morgan fingerprint density at radius 3 is 2.44 bits per heavy atom. The van der Waals surface area contributed by atoms with Crippen LogP contribution >= 0.6 is 11.8 Å². The van der Waals surface area contributed by atoms with Crippen molar-refractivity contribution in [1.29, 1.82) is 0 Å². The minimum Gasteiger partial charge on any atom is -0.471 e. The van der Waals surface area contributed by atoms with E-state index in [0.29, 0.717) is 12.4 Å². The second-order valence-electron chi connectivity index (χ2n) is 5.01. The van der Waals surface area contributed by atoms with E-state index in [4.69, 9.17) is 9.21 Å². The van der Waals surface area contributed by atoms with Gasteiger partial charge in [-0.15, -0.1) is 0 Å². The molecular formula is C19H20N2O3S. The van der Waals surface area contributed by atoms with Crippen LogP contribution in [0.15, 0.2) is 63.0 Å². The maximum Gasteiger partial charge on any atom is 0.292 e. The molecule has 0 saturated carbocycles. The molecule has 5 nitrogen and oxygen atoms in total. The molecule has 1 aromatic carbocycles. The largest absolute Gasteiger partial charge is 0.471 e. The Morgan fingerprint density at radius 2 is 1.92 bits per heavy atom. The van der Waals surface area contributed by atoms with Gasteiger partial charge in [-0.1, -0.05) is 36.9 Å². The first-order chi connectivity index (χ1) is 12.2. The average molecular weight is 356 g/mol. The van der Waals surface area contributed by atoms with Crippen molar-refractivity contribution < 1.29 is 13.9 Å². The Hall–Kier alpha value is -2.60. The molecule has 0 aliphatic heterocycles. The van der Waals surface area contributed by atoms with Crippen molar-refractivity contribution in [1.82, 2.24) is 9.97 Å². The molecule has 6 heteroatoms. The van der Waals surface area contributed by atoms with Crippen LogP contribution in [0, 0.1) is 6.92 Å². The summed E-state index contributed by atoms with van der Waals surface area (Å²) in [5.74, 6) is 1.53. The highest BCUT2D eigenvalue weighted by Gasteiger charge is 2.10. The van der Waals surface area contributed by atoms with Gasteiger partial charge in [-0.3, -0.25) is 4.79 Å². The number of methoxy groups -OCH3 is 1. The van der Waals surface area contributed by atoms with Crippen LogP contribution in [0.25, 0.3) is 11.5 Å². The third-order valence-electron chi connectivity index (χ3n) is 3.27.